The number of esters is 1. The molecule has 3 nitrogen and oxygen atoms in total. The summed E-state index contributed by atoms with van der Waals surface area (Å²) < 4.78 is 6.06. The lowest BCUT2D eigenvalue weighted by Crippen LogP contribution is -2.46. The van der Waals surface area contributed by atoms with Crippen molar-refractivity contribution in [2.45, 2.75) is 33.1 Å². The zero-order chi connectivity index (χ0) is 12.4. The Hall–Kier alpha value is -0.830. The summed E-state index contributed by atoms with van der Waals surface area (Å²) in [5.74, 6) is -0.319. The van der Waals surface area contributed by atoms with Crippen molar-refractivity contribution in [2.24, 2.45) is 0 Å². The topological polar surface area (TPSA) is 26.3 Å². The van der Waals surface area contributed by atoms with Gasteiger partial charge in [0.2, 0.25) is 0 Å². The molecule has 0 aliphatic carbocycles. The summed E-state index contributed by atoms with van der Waals surface area (Å²) in [4.78, 5) is 10.8. The number of hydrogen-bond acceptors (Lipinski definition) is 2. The first-order chi connectivity index (χ1) is 7.58. The summed E-state index contributed by atoms with van der Waals surface area (Å²) in [6, 6.07) is 0. The summed E-state index contributed by atoms with van der Waals surface area (Å²) in [5.41, 5.74) is 0. The van der Waals surface area contributed by atoms with Gasteiger partial charge in [0, 0.05) is 12.5 Å². The molecule has 0 aromatic rings. The molecule has 0 unspecified atom stereocenters. The first kappa shape index (κ1) is 15.2. The zero-order valence-electron chi connectivity index (χ0n) is 11.0. The van der Waals surface area contributed by atoms with Gasteiger partial charge in [0.25, 0.3) is 0 Å². The van der Waals surface area contributed by atoms with Crippen LogP contribution in [-0.4, -0.2) is 43.7 Å². The quantitative estimate of drug-likeness (QED) is 0.262. The number of nitrogens with zero attached hydrogens (tertiary/aromatic N) is 1. The molecule has 0 aliphatic heterocycles. The summed E-state index contributed by atoms with van der Waals surface area (Å²) in [6.45, 7) is 11.8. The third-order valence-electron chi connectivity index (χ3n) is 2.78. The number of ether oxygens (including phenoxy) is 1. The number of rotatable bonds is 9. The van der Waals surface area contributed by atoms with Crippen molar-refractivity contribution in [3.05, 3.63) is 12.7 Å². The van der Waals surface area contributed by atoms with Gasteiger partial charge in [-0.05, 0) is 12.8 Å². The Morgan fingerprint density at radius 1 is 1.25 bits per heavy atom. The van der Waals surface area contributed by atoms with Crippen LogP contribution in [0.1, 0.15) is 33.1 Å². The minimum atomic E-state index is -0.319. The molecule has 0 amide bonds. The summed E-state index contributed by atoms with van der Waals surface area (Å²) in [6.07, 6.45) is 4.54. The van der Waals surface area contributed by atoms with Gasteiger partial charge in [0.05, 0.1) is 33.3 Å². The molecule has 0 bridgehead atoms. The molecule has 16 heavy (non-hydrogen) atoms. The molecule has 0 N–H and O–H groups in total. The molecule has 0 saturated heterocycles. The lowest BCUT2D eigenvalue weighted by Gasteiger charge is -2.34. The average Bonchev–Trinajstić information content (AvgIpc) is 2.25. The van der Waals surface area contributed by atoms with Crippen molar-refractivity contribution in [2.75, 3.05) is 33.3 Å². The maximum atomic E-state index is 10.8. The summed E-state index contributed by atoms with van der Waals surface area (Å²) >= 11 is 0. The van der Waals surface area contributed by atoms with E-state index in [0.29, 0.717) is 6.61 Å². The van der Waals surface area contributed by atoms with E-state index >= 15 is 0 Å². The summed E-state index contributed by atoms with van der Waals surface area (Å²) in [5, 5.41) is 0. The Bertz CT molecular complexity index is 208. The van der Waals surface area contributed by atoms with Gasteiger partial charge in [-0.15, -0.1) is 0 Å². The first-order valence-corrected chi connectivity index (χ1v) is 6.20. The number of quaternary nitrogens is 1. The van der Waals surface area contributed by atoms with Gasteiger partial charge in [-0.2, -0.15) is 0 Å². The standard InChI is InChI=1S/C13H26NO2/c1-5-9-14(4,10-6-2)11-8-12-16-13(15)7-3/h7H,3,5-6,8-12H2,1-2,4H3/q+1. The van der Waals surface area contributed by atoms with E-state index in [1.165, 1.54) is 32.0 Å². The number of hydrogen-bond donors (Lipinski definition) is 0. The minimum Gasteiger partial charge on any atom is -0.462 e. The van der Waals surface area contributed by atoms with Gasteiger partial charge < -0.3 is 9.22 Å². The molecule has 0 radical (unpaired) electrons. The van der Waals surface area contributed by atoms with Crippen molar-refractivity contribution in [3.8, 4) is 0 Å². The van der Waals surface area contributed by atoms with E-state index in [0.717, 1.165) is 17.4 Å². The number of carbonyl (C=O) groups is 1. The second-order valence-corrected chi connectivity index (χ2v) is 4.52. The molecule has 94 valence electrons. The molecule has 0 fully saturated rings. The molecule has 0 aromatic carbocycles. The van der Waals surface area contributed by atoms with E-state index in [1.54, 1.807) is 0 Å². The molecule has 0 aromatic heterocycles. The number of carbonyl (C=O) groups excluding carboxylic acids is 1. The molecule has 0 spiro atoms. The van der Waals surface area contributed by atoms with Crippen LogP contribution in [0.5, 0.6) is 0 Å². The molecule has 0 saturated carbocycles. The molecular formula is C13H26NO2+. The van der Waals surface area contributed by atoms with E-state index in [4.69, 9.17) is 4.74 Å². The first-order valence-electron chi connectivity index (χ1n) is 6.20. The van der Waals surface area contributed by atoms with E-state index in [2.05, 4.69) is 27.5 Å². The lowest BCUT2D eigenvalue weighted by atomic mass is 10.2. The van der Waals surface area contributed by atoms with Crippen molar-refractivity contribution in [3.63, 3.8) is 0 Å². The van der Waals surface area contributed by atoms with Gasteiger partial charge in [0.15, 0.2) is 0 Å². The van der Waals surface area contributed by atoms with Crippen molar-refractivity contribution < 1.29 is 14.0 Å². The van der Waals surface area contributed by atoms with Crippen LogP contribution in [0.4, 0.5) is 0 Å². The maximum absolute atomic E-state index is 10.8. The van der Waals surface area contributed by atoms with Crippen LogP contribution in [0, 0.1) is 0 Å². The van der Waals surface area contributed by atoms with Crippen molar-refractivity contribution in [1.29, 1.82) is 0 Å². The molecule has 0 rings (SSSR count). The Morgan fingerprint density at radius 2 is 1.81 bits per heavy atom. The lowest BCUT2D eigenvalue weighted by molar-refractivity contribution is -0.909. The molecule has 0 atom stereocenters. The van der Waals surface area contributed by atoms with E-state index in [1.807, 2.05) is 0 Å². The van der Waals surface area contributed by atoms with Crippen LogP contribution in [0.3, 0.4) is 0 Å². The largest absolute Gasteiger partial charge is 0.462 e. The SMILES string of the molecule is C=CC(=O)OCCC[N+](C)(CCC)CCC. The third kappa shape index (κ3) is 6.62. The van der Waals surface area contributed by atoms with Crippen molar-refractivity contribution in [1.82, 2.24) is 0 Å². The normalized spacial score (nSPS) is 11.2. The van der Waals surface area contributed by atoms with Crippen molar-refractivity contribution >= 4 is 5.97 Å². The van der Waals surface area contributed by atoms with Crippen LogP contribution in [-0.2, 0) is 9.53 Å². The van der Waals surface area contributed by atoms with Crippen LogP contribution in [0.2, 0.25) is 0 Å². The highest BCUT2D eigenvalue weighted by atomic mass is 16.5. The van der Waals surface area contributed by atoms with Gasteiger partial charge in [-0.25, -0.2) is 4.79 Å². The zero-order valence-corrected chi connectivity index (χ0v) is 11.0. The fourth-order valence-electron chi connectivity index (χ4n) is 2.09. The molecule has 0 heterocycles. The predicted molar refractivity (Wildman–Crippen MR) is 67.1 cm³/mol. The minimum absolute atomic E-state index is 0.319. The monoisotopic (exact) mass is 228 g/mol. The third-order valence-corrected chi connectivity index (χ3v) is 2.78. The fourth-order valence-corrected chi connectivity index (χ4v) is 2.09. The Morgan fingerprint density at radius 3 is 2.25 bits per heavy atom. The average molecular weight is 228 g/mol. The van der Waals surface area contributed by atoms with Crippen LogP contribution in [0.15, 0.2) is 12.7 Å². The van der Waals surface area contributed by atoms with E-state index in [9.17, 15) is 4.79 Å². The Balaban J connectivity index is 3.84. The molecule has 0 aliphatic rings. The second kappa shape index (κ2) is 8.34. The summed E-state index contributed by atoms with van der Waals surface area (Å²) in [7, 11) is 2.28. The van der Waals surface area contributed by atoms with E-state index < -0.39 is 0 Å². The van der Waals surface area contributed by atoms with Crippen LogP contribution < -0.4 is 0 Å². The van der Waals surface area contributed by atoms with Gasteiger partial charge in [-0.1, -0.05) is 20.4 Å². The highest BCUT2D eigenvalue weighted by Gasteiger charge is 2.18. The maximum Gasteiger partial charge on any atom is 0.330 e. The Labute approximate surface area is 99.7 Å². The second-order valence-electron chi connectivity index (χ2n) is 4.52. The van der Waals surface area contributed by atoms with E-state index in [-0.39, 0.29) is 5.97 Å². The highest BCUT2D eigenvalue weighted by molar-refractivity contribution is 5.81. The smallest absolute Gasteiger partial charge is 0.330 e. The van der Waals surface area contributed by atoms with Gasteiger partial charge in [-0.3, -0.25) is 0 Å². The Kier molecular flexibility index (Phi) is 7.90. The molecular weight excluding hydrogens is 202 g/mol. The predicted octanol–water partition coefficient (Wildman–Crippen LogP) is 2.37. The van der Waals surface area contributed by atoms with Gasteiger partial charge in [0.1, 0.15) is 0 Å². The fraction of sp³-hybridized carbons (Fsp3) is 0.769. The van der Waals surface area contributed by atoms with Gasteiger partial charge >= 0.3 is 5.97 Å². The molecule has 3 heteroatoms. The van der Waals surface area contributed by atoms with Crippen LogP contribution >= 0.6 is 0 Å². The van der Waals surface area contributed by atoms with Crippen LogP contribution in [0.25, 0.3) is 0 Å². The highest BCUT2D eigenvalue weighted by Crippen LogP contribution is 2.07.